The summed E-state index contributed by atoms with van der Waals surface area (Å²) in [5, 5.41) is 7.12. The number of aliphatic imine (C=N–C) groups is 1. The van der Waals surface area contributed by atoms with E-state index in [2.05, 4.69) is 15.4 Å². The van der Waals surface area contributed by atoms with Crippen LogP contribution in [0.15, 0.2) is 41.5 Å². The first-order chi connectivity index (χ1) is 8.65. The number of guanidine groups is 1. The van der Waals surface area contributed by atoms with Crippen LogP contribution >= 0.6 is 24.0 Å². The molecule has 6 heteroatoms. The highest BCUT2D eigenvalue weighted by molar-refractivity contribution is 14.0. The van der Waals surface area contributed by atoms with Crippen LogP contribution in [-0.2, 0) is 13.6 Å². The van der Waals surface area contributed by atoms with Gasteiger partial charge in [-0.3, -0.25) is 4.68 Å². The second-order valence-electron chi connectivity index (χ2n) is 4.14. The van der Waals surface area contributed by atoms with Crippen molar-refractivity contribution in [2.75, 3.05) is 5.32 Å². The van der Waals surface area contributed by atoms with E-state index < -0.39 is 0 Å². The number of anilines is 1. The maximum absolute atomic E-state index is 5.82. The summed E-state index contributed by atoms with van der Waals surface area (Å²) in [7, 11) is 1.88. The number of rotatable bonds is 3. The monoisotopic (exact) mass is 371 g/mol. The van der Waals surface area contributed by atoms with E-state index in [9.17, 15) is 0 Å². The summed E-state index contributed by atoms with van der Waals surface area (Å²) in [5.41, 5.74) is 8.99. The minimum atomic E-state index is 0. The van der Waals surface area contributed by atoms with E-state index in [1.807, 2.05) is 44.3 Å². The first kappa shape index (κ1) is 15.5. The molecule has 0 fully saturated rings. The third-order valence-corrected chi connectivity index (χ3v) is 2.66. The molecule has 2 aromatic rings. The van der Waals surface area contributed by atoms with Gasteiger partial charge in [-0.25, -0.2) is 4.99 Å². The van der Waals surface area contributed by atoms with Crippen LogP contribution in [0, 0.1) is 6.92 Å². The van der Waals surface area contributed by atoms with Crippen LogP contribution in [-0.4, -0.2) is 15.7 Å². The Morgan fingerprint density at radius 2 is 2.00 bits per heavy atom. The highest BCUT2D eigenvalue weighted by atomic mass is 127. The zero-order valence-electron chi connectivity index (χ0n) is 11.0. The molecule has 0 spiro atoms. The Morgan fingerprint density at radius 3 is 2.58 bits per heavy atom. The van der Waals surface area contributed by atoms with E-state index in [1.165, 1.54) is 5.56 Å². The van der Waals surface area contributed by atoms with Gasteiger partial charge in [0, 0.05) is 18.9 Å². The van der Waals surface area contributed by atoms with Gasteiger partial charge in [0.05, 0.1) is 12.2 Å². The van der Waals surface area contributed by atoms with Gasteiger partial charge in [-0.05, 0) is 25.1 Å². The molecule has 19 heavy (non-hydrogen) atoms. The van der Waals surface area contributed by atoms with Crippen molar-refractivity contribution in [3.63, 3.8) is 0 Å². The van der Waals surface area contributed by atoms with Gasteiger partial charge in [-0.15, -0.1) is 24.0 Å². The van der Waals surface area contributed by atoms with E-state index in [0.717, 1.165) is 11.4 Å². The highest BCUT2D eigenvalue weighted by Gasteiger charge is 1.98. The molecule has 0 saturated heterocycles. The average molecular weight is 371 g/mol. The Morgan fingerprint density at radius 1 is 1.32 bits per heavy atom. The van der Waals surface area contributed by atoms with Gasteiger partial charge >= 0.3 is 0 Å². The molecule has 0 bridgehead atoms. The standard InChI is InChI=1S/C13H17N5.HI/c1-10-3-5-11(6-4-10)17-13(14)15-9-12-7-8-16-18(12)2;/h3-8H,9H2,1-2H3,(H3,14,15,17);1H. The van der Waals surface area contributed by atoms with Crippen LogP contribution in [0.3, 0.4) is 0 Å². The predicted octanol–water partition coefficient (Wildman–Crippen LogP) is 2.27. The molecule has 0 aliphatic carbocycles. The smallest absolute Gasteiger partial charge is 0.193 e. The fourth-order valence-electron chi connectivity index (χ4n) is 1.55. The van der Waals surface area contributed by atoms with Crippen molar-refractivity contribution < 1.29 is 0 Å². The quantitative estimate of drug-likeness (QED) is 0.494. The van der Waals surface area contributed by atoms with E-state index in [0.29, 0.717) is 12.5 Å². The van der Waals surface area contributed by atoms with Gasteiger partial charge in [0.25, 0.3) is 0 Å². The van der Waals surface area contributed by atoms with Crippen molar-refractivity contribution in [1.82, 2.24) is 9.78 Å². The summed E-state index contributed by atoms with van der Waals surface area (Å²) in [6, 6.07) is 9.92. The molecule has 0 unspecified atom stereocenters. The number of nitrogens with zero attached hydrogens (tertiary/aromatic N) is 3. The lowest BCUT2D eigenvalue weighted by Crippen LogP contribution is -2.22. The van der Waals surface area contributed by atoms with Gasteiger partial charge in [0.15, 0.2) is 5.96 Å². The molecule has 0 saturated carbocycles. The summed E-state index contributed by atoms with van der Waals surface area (Å²) in [6.07, 6.45) is 1.74. The van der Waals surface area contributed by atoms with Gasteiger partial charge in [0.2, 0.25) is 0 Å². The first-order valence-electron chi connectivity index (χ1n) is 5.75. The lowest BCUT2D eigenvalue weighted by atomic mass is 10.2. The molecular formula is C13H18IN5. The van der Waals surface area contributed by atoms with Gasteiger partial charge in [-0.1, -0.05) is 17.7 Å². The van der Waals surface area contributed by atoms with Crippen LogP contribution in [0.1, 0.15) is 11.3 Å². The second-order valence-corrected chi connectivity index (χ2v) is 4.14. The van der Waals surface area contributed by atoms with E-state index in [4.69, 9.17) is 5.73 Å². The number of hydrogen-bond donors (Lipinski definition) is 2. The fraction of sp³-hybridized carbons (Fsp3) is 0.231. The van der Waals surface area contributed by atoms with Crippen molar-refractivity contribution in [2.45, 2.75) is 13.5 Å². The Kier molecular flexibility index (Phi) is 5.81. The van der Waals surface area contributed by atoms with Crippen molar-refractivity contribution in [2.24, 2.45) is 17.8 Å². The molecule has 102 valence electrons. The lowest BCUT2D eigenvalue weighted by molar-refractivity contribution is 0.712. The SMILES string of the molecule is Cc1ccc(NC(N)=NCc2ccnn2C)cc1.I. The molecule has 0 aliphatic rings. The highest BCUT2D eigenvalue weighted by Crippen LogP contribution is 2.08. The molecule has 0 atom stereocenters. The molecule has 2 rings (SSSR count). The zero-order valence-corrected chi connectivity index (χ0v) is 13.3. The predicted molar refractivity (Wildman–Crippen MR) is 88.8 cm³/mol. The molecule has 5 nitrogen and oxygen atoms in total. The summed E-state index contributed by atoms with van der Waals surface area (Å²) in [4.78, 5) is 4.27. The molecule has 1 heterocycles. The number of hydrogen-bond acceptors (Lipinski definition) is 2. The minimum absolute atomic E-state index is 0. The van der Waals surface area contributed by atoms with Crippen molar-refractivity contribution >= 4 is 35.6 Å². The largest absolute Gasteiger partial charge is 0.370 e. The number of nitrogens with two attached hydrogens (primary N) is 1. The van der Waals surface area contributed by atoms with Crippen LogP contribution in [0.5, 0.6) is 0 Å². The number of halogens is 1. The van der Waals surface area contributed by atoms with Crippen LogP contribution in [0.4, 0.5) is 5.69 Å². The topological polar surface area (TPSA) is 68.2 Å². The Labute approximate surface area is 129 Å². The summed E-state index contributed by atoms with van der Waals surface area (Å²) in [6.45, 7) is 2.56. The van der Waals surface area contributed by atoms with Crippen LogP contribution in [0.2, 0.25) is 0 Å². The number of benzene rings is 1. The molecule has 0 amide bonds. The molecule has 3 N–H and O–H groups in total. The average Bonchev–Trinajstić information content (AvgIpc) is 2.75. The lowest BCUT2D eigenvalue weighted by Gasteiger charge is -2.06. The minimum Gasteiger partial charge on any atom is -0.370 e. The van der Waals surface area contributed by atoms with E-state index in [1.54, 1.807) is 10.9 Å². The number of aryl methyl sites for hydroxylation is 2. The normalized spacial score (nSPS) is 10.9. The van der Waals surface area contributed by atoms with Crippen molar-refractivity contribution in [3.05, 3.63) is 47.8 Å². The van der Waals surface area contributed by atoms with E-state index >= 15 is 0 Å². The Hall–Kier alpha value is -1.57. The van der Waals surface area contributed by atoms with E-state index in [-0.39, 0.29) is 24.0 Å². The third kappa shape index (κ3) is 4.55. The van der Waals surface area contributed by atoms with Gasteiger partial charge < -0.3 is 11.1 Å². The van der Waals surface area contributed by atoms with Crippen molar-refractivity contribution in [1.29, 1.82) is 0 Å². The summed E-state index contributed by atoms with van der Waals surface area (Å²) in [5.74, 6) is 0.403. The second kappa shape index (κ2) is 7.13. The molecule has 0 radical (unpaired) electrons. The molecule has 1 aromatic carbocycles. The molecule has 0 aliphatic heterocycles. The molecule has 1 aromatic heterocycles. The summed E-state index contributed by atoms with van der Waals surface area (Å²) >= 11 is 0. The zero-order chi connectivity index (χ0) is 13.0. The molecular weight excluding hydrogens is 353 g/mol. The number of nitrogens with one attached hydrogen (secondary N) is 1. The van der Waals surface area contributed by atoms with Gasteiger partial charge in [-0.2, -0.15) is 5.10 Å². The third-order valence-electron chi connectivity index (χ3n) is 2.66. The maximum atomic E-state index is 5.82. The van der Waals surface area contributed by atoms with Gasteiger partial charge in [0.1, 0.15) is 0 Å². The number of aromatic nitrogens is 2. The fourth-order valence-corrected chi connectivity index (χ4v) is 1.55. The first-order valence-corrected chi connectivity index (χ1v) is 5.75. The summed E-state index contributed by atoms with van der Waals surface area (Å²) < 4.78 is 1.78. The van der Waals surface area contributed by atoms with Crippen molar-refractivity contribution in [3.8, 4) is 0 Å². The Balaban J connectivity index is 0.00000180. The Bertz CT molecular complexity index is 544. The van der Waals surface area contributed by atoms with Crippen LogP contribution in [0.25, 0.3) is 0 Å². The van der Waals surface area contributed by atoms with Crippen LogP contribution < -0.4 is 11.1 Å². The maximum Gasteiger partial charge on any atom is 0.193 e.